The summed E-state index contributed by atoms with van der Waals surface area (Å²) >= 11 is 0. The molecule has 0 aromatic heterocycles. The fourth-order valence-corrected chi connectivity index (χ4v) is 3.60. The van der Waals surface area contributed by atoms with Gasteiger partial charge in [-0.3, -0.25) is 0 Å². The van der Waals surface area contributed by atoms with Crippen LogP contribution in [-0.4, -0.2) is 35.6 Å². The van der Waals surface area contributed by atoms with Crippen LogP contribution in [0.25, 0.3) is 11.1 Å². The second-order valence-corrected chi connectivity index (χ2v) is 7.23. The Kier molecular flexibility index (Phi) is 5.97. The second-order valence-electron chi connectivity index (χ2n) is 7.23. The van der Waals surface area contributed by atoms with Gasteiger partial charge >= 0.3 is 6.09 Å². The number of amides is 1. The van der Waals surface area contributed by atoms with Crippen molar-refractivity contribution in [1.82, 2.24) is 5.32 Å². The molecule has 0 aliphatic heterocycles. The van der Waals surface area contributed by atoms with Crippen LogP contribution in [-0.2, 0) is 11.3 Å². The van der Waals surface area contributed by atoms with E-state index in [0.29, 0.717) is 6.54 Å². The molecule has 0 saturated heterocycles. The SMILES string of the molecule is O=C(NCc1ccc(NCC(O)CO)cc1)OC1c2ccccc2-c2ccccc21. The summed E-state index contributed by atoms with van der Waals surface area (Å²) in [6, 6.07) is 23.4. The number of carbonyl (C=O) groups excluding carboxylic acids is 1. The van der Waals surface area contributed by atoms with Crippen molar-refractivity contribution >= 4 is 11.8 Å². The molecule has 1 unspecified atom stereocenters. The van der Waals surface area contributed by atoms with Crippen LogP contribution in [0.15, 0.2) is 72.8 Å². The van der Waals surface area contributed by atoms with Crippen molar-refractivity contribution in [2.75, 3.05) is 18.5 Å². The molecule has 3 aromatic rings. The van der Waals surface area contributed by atoms with Crippen molar-refractivity contribution in [2.45, 2.75) is 18.8 Å². The average Bonchev–Trinajstić information content (AvgIpc) is 3.10. The van der Waals surface area contributed by atoms with Crippen LogP contribution in [0.3, 0.4) is 0 Å². The highest BCUT2D eigenvalue weighted by molar-refractivity contribution is 5.79. The summed E-state index contributed by atoms with van der Waals surface area (Å²) in [4.78, 5) is 12.5. The largest absolute Gasteiger partial charge is 0.436 e. The molecule has 154 valence electrons. The summed E-state index contributed by atoms with van der Waals surface area (Å²) in [5.41, 5.74) is 5.93. The fraction of sp³-hybridized carbons (Fsp3) is 0.208. The van der Waals surface area contributed by atoms with Crippen LogP contribution in [0, 0.1) is 0 Å². The topological polar surface area (TPSA) is 90.8 Å². The van der Waals surface area contributed by atoms with E-state index in [4.69, 9.17) is 9.84 Å². The molecule has 1 aliphatic rings. The number of rotatable bonds is 7. The summed E-state index contributed by atoms with van der Waals surface area (Å²) in [6.07, 6.45) is -1.69. The van der Waals surface area contributed by atoms with Crippen molar-refractivity contribution in [3.05, 3.63) is 89.5 Å². The van der Waals surface area contributed by atoms with Crippen LogP contribution in [0.5, 0.6) is 0 Å². The Labute approximate surface area is 175 Å². The average molecular weight is 404 g/mol. The molecule has 1 aliphatic carbocycles. The van der Waals surface area contributed by atoms with Gasteiger partial charge in [-0.1, -0.05) is 60.7 Å². The van der Waals surface area contributed by atoms with E-state index < -0.39 is 18.3 Å². The van der Waals surface area contributed by atoms with E-state index in [2.05, 4.69) is 10.6 Å². The zero-order chi connectivity index (χ0) is 20.9. The molecule has 30 heavy (non-hydrogen) atoms. The Morgan fingerprint density at radius 3 is 2.13 bits per heavy atom. The minimum absolute atomic E-state index is 0.269. The summed E-state index contributed by atoms with van der Waals surface area (Å²) in [7, 11) is 0. The molecule has 0 fully saturated rings. The maximum absolute atomic E-state index is 12.5. The van der Waals surface area contributed by atoms with Gasteiger partial charge in [-0.25, -0.2) is 4.79 Å². The Bertz CT molecular complexity index is 974. The minimum Gasteiger partial charge on any atom is -0.436 e. The van der Waals surface area contributed by atoms with Gasteiger partial charge in [-0.05, 0) is 28.8 Å². The van der Waals surface area contributed by atoms with Gasteiger partial charge in [0.05, 0.1) is 12.7 Å². The molecule has 0 spiro atoms. The van der Waals surface area contributed by atoms with Crippen LogP contribution in [0.1, 0.15) is 22.8 Å². The van der Waals surface area contributed by atoms with E-state index >= 15 is 0 Å². The lowest BCUT2D eigenvalue weighted by atomic mass is 10.1. The van der Waals surface area contributed by atoms with Gasteiger partial charge in [0.1, 0.15) is 0 Å². The fourth-order valence-electron chi connectivity index (χ4n) is 3.60. The van der Waals surface area contributed by atoms with Crippen LogP contribution >= 0.6 is 0 Å². The number of nitrogens with one attached hydrogen (secondary N) is 2. The standard InChI is InChI=1S/C24H24N2O4/c27-15-18(28)14-25-17-11-9-16(10-12-17)13-26-24(29)30-23-21-7-3-1-5-19(21)20-6-2-4-8-22(20)23/h1-12,18,23,25,27-28H,13-15H2,(H,26,29). The Hall–Kier alpha value is -3.35. The molecule has 1 amide bonds. The van der Waals surface area contributed by atoms with E-state index in [1.54, 1.807) is 0 Å². The van der Waals surface area contributed by atoms with Gasteiger partial charge in [0.25, 0.3) is 0 Å². The number of ether oxygens (including phenoxy) is 1. The van der Waals surface area contributed by atoms with Crippen LogP contribution < -0.4 is 10.6 Å². The summed E-state index contributed by atoms with van der Waals surface area (Å²) in [5.74, 6) is 0. The smallest absolute Gasteiger partial charge is 0.408 e. The molecule has 3 aromatic carbocycles. The molecule has 0 bridgehead atoms. The molecule has 4 rings (SSSR count). The van der Waals surface area contributed by atoms with E-state index in [1.165, 1.54) is 0 Å². The summed E-state index contributed by atoms with van der Waals surface area (Å²) in [5, 5.41) is 24.1. The monoisotopic (exact) mass is 404 g/mol. The van der Waals surface area contributed by atoms with Gasteiger partial charge in [0.2, 0.25) is 0 Å². The number of aliphatic hydroxyl groups excluding tert-OH is 2. The second kappa shape index (κ2) is 8.98. The number of hydrogen-bond donors (Lipinski definition) is 4. The van der Waals surface area contributed by atoms with Gasteiger partial charge in [0.15, 0.2) is 6.10 Å². The van der Waals surface area contributed by atoms with Crippen LogP contribution in [0.2, 0.25) is 0 Å². The highest BCUT2D eigenvalue weighted by Crippen LogP contribution is 2.44. The third kappa shape index (κ3) is 4.30. The van der Waals surface area contributed by atoms with Crippen LogP contribution in [0.4, 0.5) is 10.5 Å². The lowest BCUT2D eigenvalue weighted by Crippen LogP contribution is -2.25. The number of benzene rings is 3. The van der Waals surface area contributed by atoms with Crippen molar-refractivity contribution in [3.8, 4) is 11.1 Å². The minimum atomic E-state index is -0.799. The van der Waals surface area contributed by atoms with Crippen molar-refractivity contribution < 1.29 is 19.7 Å². The number of aliphatic hydroxyl groups is 2. The van der Waals surface area contributed by atoms with E-state index in [1.807, 2.05) is 72.8 Å². The van der Waals surface area contributed by atoms with Crippen molar-refractivity contribution in [2.24, 2.45) is 0 Å². The maximum Gasteiger partial charge on any atom is 0.408 e. The van der Waals surface area contributed by atoms with E-state index in [-0.39, 0.29) is 13.2 Å². The third-order valence-electron chi connectivity index (χ3n) is 5.14. The molecule has 0 saturated carbocycles. The highest BCUT2D eigenvalue weighted by atomic mass is 16.6. The van der Waals surface area contributed by atoms with Gasteiger partial charge in [0, 0.05) is 29.9 Å². The number of carbonyl (C=O) groups is 1. The first-order valence-corrected chi connectivity index (χ1v) is 9.90. The quantitative estimate of drug-likeness (QED) is 0.484. The Morgan fingerprint density at radius 2 is 1.53 bits per heavy atom. The first kappa shape index (κ1) is 19.9. The molecule has 6 heteroatoms. The first-order chi connectivity index (χ1) is 14.7. The predicted molar refractivity (Wildman–Crippen MR) is 115 cm³/mol. The first-order valence-electron chi connectivity index (χ1n) is 9.90. The number of hydrogen-bond acceptors (Lipinski definition) is 5. The van der Waals surface area contributed by atoms with E-state index in [0.717, 1.165) is 33.5 Å². The zero-order valence-corrected chi connectivity index (χ0v) is 16.4. The maximum atomic E-state index is 12.5. The lowest BCUT2D eigenvalue weighted by molar-refractivity contribution is 0.105. The molecular formula is C24H24N2O4. The molecule has 1 atom stereocenters. The molecule has 0 radical (unpaired) electrons. The number of anilines is 1. The van der Waals surface area contributed by atoms with E-state index in [9.17, 15) is 9.90 Å². The molecule has 0 heterocycles. The zero-order valence-electron chi connectivity index (χ0n) is 16.4. The molecule has 4 N–H and O–H groups in total. The molecular weight excluding hydrogens is 380 g/mol. The van der Waals surface area contributed by atoms with Gasteiger partial charge in [-0.2, -0.15) is 0 Å². The highest BCUT2D eigenvalue weighted by Gasteiger charge is 2.30. The van der Waals surface area contributed by atoms with Gasteiger partial charge in [-0.15, -0.1) is 0 Å². The number of fused-ring (bicyclic) bond motifs is 3. The normalized spacial score (nSPS) is 13.3. The third-order valence-corrected chi connectivity index (χ3v) is 5.14. The number of alkyl carbamates (subject to hydrolysis) is 1. The van der Waals surface area contributed by atoms with Gasteiger partial charge < -0.3 is 25.6 Å². The van der Waals surface area contributed by atoms with Crippen molar-refractivity contribution in [3.63, 3.8) is 0 Å². The lowest BCUT2D eigenvalue weighted by Gasteiger charge is -2.16. The Morgan fingerprint density at radius 1 is 0.933 bits per heavy atom. The predicted octanol–water partition coefficient (Wildman–Crippen LogP) is 3.45. The van der Waals surface area contributed by atoms with Crippen molar-refractivity contribution in [1.29, 1.82) is 0 Å². The summed E-state index contributed by atoms with van der Waals surface area (Å²) in [6.45, 7) is 0.326. The molecule has 6 nitrogen and oxygen atoms in total. The Balaban J connectivity index is 1.35. The summed E-state index contributed by atoms with van der Waals surface area (Å²) < 4.78 is 5.77.